The minimum absolute atomic E-state index is 0.150. The number of benzene rings is 2. The molecule has 1 unspecified atom stereocenters. The molecule has 1 aliphatic carbocycles. The first kappa shape index (κ1) is 17.6. The van der Waals surface area contributed by atoms with Crippen LogP contribution in [0.25, 0.3) is 17.2 Å². The van der Waals surface area contributed by atoms with Crippen LogP contribution >= 0.6 is 0 Å². The van der Waals surface area contributed by atoms with Crippen molar-refractivity contribution in [2.45, 2.75) is 57.0 Å². The van der Waals surface area contributed by atoms with Gasteiger partial charge in [0.25, 0.3) is 0 Å². The third-order valence-electron chi connectivity index (χ3n) is 5.16. The first-order valence-corrected chi connectivity index (χ1v) is 9.05. The molecule has 0 aromatic heterocycles. The first-order valence-electron chi connectivity index (χ1n) is 9.05. The average molecular weight is 310 g/mol. The maximum atomic E-state index is 2.39. The molecule has 0 heterocycles. The predicted octanol–water partition coefficient (Wildman–Crippen LogP) is 6.19. The fourth-order valence-electron chi connectivity index (χ4n) is 3.41. The number of hydrogen-bond donors (Lipinski definition) is 0. The second-order valence-corrected chi connectivity index (χ2v) is 9.26. The first-order chi connectivity index (χ1) is 11.1. The van der Waals surface area contributed by atoms with Gasteiger partial charge in [0.15, 0.2) is 0 Å². The Morgan fingerprint density at radius 3 is 1.96 bits per heavy atom. The van der Waals surface area contributed by atoms with Gasteiger partial charge in [-0.15, -0.1) is 0 Å². The van der Waals surface area contributed by atoms with Crippen molar-refractivity contribution in [2.24, 2.45) is 0 Å². The second-order valence-electron chi connectivity index (χ2n) is 9.26. The van der Waals surface area contributed by atoms with Crippen LogP contribution in [0.15, 0.2) is 42.5 Å². The van der Waals surface area contributed by atoms with Gasteiger partial charge in [-0.3, -0.25) is 0 Å². The van der Waals surface area contributed by atoms with E-state index in [4.69, 9.17) is 0 Å². The molecule has 0 saturated carbocycles. The Morgan fingerprint density at radius 1 is 0.833 bits per heavy atom. The second kappa shape index (κ2) is 5.94. The average Bonchev–Trinajstić information content (AvgIpc) is 2.87. The monoisotopic (exact) mass is 310 g/mol. The van der Waals surface area contributed by atoms with Gasteiger partial charge in [-0.05, 0) is 0 Å². The van der Waals surface area contributed by atoms with Crippen molar-refractivity contribution < 1.29 is 0 Å². The molecule has 24 heavy (non-hydrogen) atoms. The van der Waals surface area contributed by atoms with Gasteiger partial charge in [-0.25, -0.2) is 0 Å². The minimum atomic E-state index is 0.150. The fraction of sp³-hybridized carbons (Fsp3) is 0.391. The topological polar surface area (TPSA) is 0 Å². The van der Waals surface area contributed by atoms with E-state index >= 15 is 0 Å². The van der Waals surface area contributed by atoms with Crippen molar-refractivity contribution in [1.29, 1.82) is 0 Å². The third kappa shape index (κ3) is 3.28. The van der Waals surface area contributed by atoms with Gasteiger partial charge in [0.05, 0.1) is 0 Å². The molecule has 3 rings (SSSR count). The van der Waals surface area contributed by atoms with Crippen molar-refractivity contribution in [3.05, 3.63) is 64.7 Å². The van der Waals surface area contributed by atoms with Crippen molar-refractivity contribution >= 4 is 23.8 Å². The summed E-state index contributed by atoms with van der Waals surface area (Å²) >= 11 is 2.28. The molecule has 0 nitrogen and oxygen atoms in total. The Morgan fingerprint density at radius 2 is 1.42 bits per heavy atom. The van der Waals surface area contributed by atoms with Crippen LogP contribution in [-0.4, -0.2) is 17.7 Å². The van der Waals surface area contributed by atoms with Crippen LogP contribution in [0.5, 0.6) is 0 Å². The normalized spacial score (nSPS) is 17.2. The van der Waals surface area contributed by atoms with Gasteiger partial charge < -0.3 is 0 Å². The zero-order chi connectivity index (χ0) is 17.7. The van der Waals surface area contributed by atoms with E-state index < -0.39 is 0 Å². The Bertz CT molecular complexity index is 766. The van der Waals surface area contributed by atoms with Crippen LogP contribution in [0.2, 0.25) is 0 Å². The van der Waals surface area contributed by atoms with E-state index in [0.717, 1.165) is 0 Å². The van der Waals surface area contributed by atoms with E-state index in [1.807, 2.05) is 0 Å². The van der Waals surface area contributed by atoms with Gasteiger partial charge in [0, 0.05) is 0 Å². The summed E-state index contributed by atoms with van der Waals surface area (Å²) in [6, 6.07) is 13.9. The summed E-state index contributed by atoms with van der Waals surface area (Å²) in [7, 11) is 0. The third-order valence-corrected chi connectivity index (χ3v) is 5.16. The summed E-state index contributed by atoms with van der Waals surface area (Å²) < 4.78 is 0.521. The number of rotatable bonds is 1. The molecule has 2 aromatic rings. The molecule has 0 radical (unpaired) electrons. The van der Waals surface area contributed by atoms with Crippen LogP contribution in [0.4, 0.5) is 0 Å². The molecule has 0 aliphatic heterocycles. The van der Waals surface area contributed by atoms with Crippen LogP contribution in [0.1, 0.15) is 68.4 Å². The summed E-state index contributed by atoms with van der Waals surface area (Å²) in [5, 5.41) is 0. The fourth-order valence-corrected chi connectivity index (χ4v) is 3.41. The van der Waals surface area contributed by atoms with Crippen LogP contribution in [0, 0.1) is 0 Å². The van der Waals surface area contributed by atoms with E-state index in [1.165, 1.54) is 33.4 Å². The zero-order valence-electron chi connectivity index (χ0n) is 16.2. The van der Waals surface area contributed by atoms with Gasteiger partial charge in [0.1, 0.15) is 0 Å². The molecule has 1 heteroatoms. The molecule has 0 saturated heterocycles. The van der Waals surface area contributed by atoms with Crippen molar-refractivity contribution in [3.8, 4) is 11.1 Å². The molecular formula is C23H27Li. The van der Waals surface area contributed by atoms with Crippen LogP contribution in [0.3, 0.4) is 0 Å². The van der Waals surface area contributed by atoms with E-state index in [2.05, 4.69) is 108 Å². The number of allylic oxidation sites excluding steroid dienone is 1. The Balaban J connectivity index is 2.24. The van der Waals surface area contributed by atoms with Gasteiger partial charge in [-0.2, -0.15) is 0 Å². The molecule has 0 fully saturated rings. The van der Waals surface area contributed by atoms with E-state index in [9.17, 15) is 0 Å². The van der Waals surface area contributed by atoms with Crippen molar-refractivity contribution in [1.82, 2.24) is 0 Å². The van der Waals surface area contributed by atoms with Gasteiger partial charge >= 0.3 is 157 Å². The molecule has 0 amide bonds. The van der Waals surface area contributed by atoms with Crippen molar-refractivity contribution in [2.75, 3.05) is 0 Å². The molecule has 1 aliphatic rings. The van der Waals surface area contributed by atoms with Crippen LogP contribution < -0.4 is 0 Å². The zero-order valence-corrected chi connectivity index (χ0v) is 16.2. The number of fused-ring (bicyclic) bond motifs is 1. The Labute approximate surface area is 156 Å². The molecule has 2 aromatic carbocycles. The standard InChI is InChI=1S/C23H27.Li/c1-22(2,3)18-13-17(14-19(15-18)23(4,5)6)21-12-8-10-16-9-7-11-20(16)21;/h7-15H,1-6H3;. The predicted molar refractivity (Wildman–Crippen MR) is 107 cm³/mol. The molecule has 1 atom stereocenters. The molecule has 0 bridgehead atoms. The van der Waals surface area contributed by atoms with Gasteiger partial charge in [0.2, 0.25) is 0 Å². The summed E-state index contributed by atoms with van der Waals surface area (Å²) in [4.78, 5) is 0. The summed E-state index contributed by atoms with van der Waals surface area (Å²) in [5.74, 6) is 0. The van der Waals surface area contributed by atoms with E-state index in [1.54, 1.807) is 0 Å². The quantitative estimate of drug-likeness (QED) is 0.551. The Kier molecular flexibility index (Phi) is 4.36. The molecule has 0 spiro atoms. The molecule has 0 N–H and O–H groups in total. The van der Waals surface area contributed by atoms with Gasteiger partial charge in [-0.1, -0.05) is 0 Å². The number of hydrogen-bond acceptors (Lipinski definition) is 0. The van der Waals surface area contributed by atoms with E-state index in [0.29, 0.717) is 4.59 Å². The summed E-state index contributed by atoms with van der Waals surface area (Å²) in [6.07, 6.45) is 4.61. The summed E-state index contributed by atoms with van der Waals surface area (Å²) in [5.41, 5.74) is 8.69. The maximum absolute atomic E-state index is 2.39. The molecular weight excluding hydrogens is 283 g/mol. The molecule has 120 valence electrons. The van der Waals surface area contributed by atoms with Crippen molar-refractivity contribution in [3.63, 3.8) is 0 Å². The summed E-state index contributed by atoms with van der Waals surface area (Å²) in [6.45, 7) is 13.8. The Hall–Kier alpha value is -1.22. The van der Waals surface area contributed by atoms with Crippen LogP contribution in [-0.2, 0) is 10.8 Å². The SMILES string of the molecule is [Li][CH]1C=Cc2c(-c3cc(C(C)(C)C)cc(C(C)(C)C)c3)cccc21. The van der Waals surface area contributed by atoms with E-state index in [-0.39, 0.29) is 10.8 Å².